The first-order valence-corrected chi connectivity index (χ1v) is 5.31. The maximum atomic E-state index is 11.5. The molecule has 0 saturated carbocycles. The van der Waals surface area contributed by atoms with Gasteiger partial charge in [0.25, 0.3) is 5.91 Å². The first kappa shape index (κ1) is 12.3. The largest absolute Gasteiger partial charge is 0.456 e. The molecule has 5 nitrogen and oxygen atoms in total. The molecule has 2 amide bonds. The van der Waals surface area contributed by atoms with E-state index >= 15 is 0 Å². The summed E-state index contributed by atoms with van der Waals surface area (Å²) >= 11 is 0. The van der Waals surface area contributed by atoms with Gasteiger partial charge in [0.1, 0.15) is 5.76 Å². The van der Waals surface area contributed by atoms with Crippen molar-refractivity contribution in [2.24, 2.45) is 0 Å². The predicted octanol–water partition coefficient (Wildman–Crippen LogP) is 0.708. The Morgan fingerprint density at radius 3 is 2.56 bits per heavy atom. The van der Waals surface area contributed by atoms with E-state index in [1.54, 1.807) is 12.1 Å². The van der Waals surface area contributed by atoms with Crippen LogP contribution in [0.3, 0.4) is 0 Å². The molecule has 5 heteroatoms. The smallest absolute Gasteiger partial charge is 0.287 e. The summed E-state index contributed by atoms with van der Waals surface area (Å²) in [5.74, 6) is 0.411. The van der Waals surface area contributed by atoms with Gasteiger partial charge in [0.2, 0.25) is 5.91 Å². The van der Waals surface area contributed by atoms with Gasteiger partial charge < -0.3 is 15.1 Å². The quantitative estimate of drug-likeness (QED) is 0.773. The summed E-state index contributed by atoms with van der Waals surface area (Å²) in [6.07, 6.45) is 0.740. The van der Waals surface area contributed by atoms with Crippen LogP contribution in [0.5, 0.6) is 0 Å². The predicted molar refractivity (Wildman–Crippen MR) is 59.1 cm³/mol. The van der Waals surface area contributed by atoms with Crippen LogP contribution in [0, 0.1) is 0 Å². The molecule has 0 unspecified atom stereocenters. The van der Waals surface area contributed by atoms with Gasteiger partial charge >= 0.3 is 0 Å². The van der Waals surface area contributed by atoms with Gasteiger partial charge in [0.15, 0.2) is 5.76 Å². The van der Waals surface area contributed by atoms with Crippen molar-refractivity contribution in [2.75, 3.05) is 13.1 Å². The lowest BCUT2D eigenvalue weighted by Crippen LogP contribution is -2.36. The SMILES string of the molecule is CCNC(=O)CNC(=O)c1ccc(CC)o1. The average Bonchev–Trinajstić information content (AvgIpc) is 2.75. The first-order valence-electron chi connectivity index (χ1n) is 5.31. The number of nitrogens with one attached hydrogen (secondary N) is 2. The standard InChI is InChI=1S/C11H16N2O3/c1-3-8-5-6-9(16-8)11(15)13-7-10(14)12-4-2/h5-6H,3-4,7H2,1-2H3,(H,12,14)(H,13,15). The lowest BCUT2D eigenvalue weighted by Gasteiger charge is -2.03. The third-order valence-corrected chi connectivity index (χ3v) is 2.02. The number of hydrogen-bond acceptors (Lipinski definition) is 3. The zero-order valence-electron chi connectivity index (χ0n) is 9.50. The van der Waals surface area contributed by atoms with Gasteiger partial charge in [-0.25, -0.2) is 0 Å². The summed E-state index contributed by atoms with van der Waals surface area (Å²) in [6.45, 7) is 4.28. The summed E-state index contributed by atoms with van der Waals surface area (Å²) in [5, 5.41) is 5.06. The van der Waals surface area contributed by atoms with E-state index in [0.29, 0.717) is 6.54 Å². The van der Waals surface area contributed by atoms with Crippen LogP contribution >= 0.6 is 0 Å². The molecule has 0 bridgehead atoms. The van der Waals surface area contributed by atoms with E-state index in [0.717, 1.165) is 12.2 Å². The van der Waals surface area contributed by atoms with Gasteiger partial charge in [-0.1, -0.05) is 6.92 Å². The Hall–Kier alpha value is -1.78. The highest BCUT2D eigenvalue weighted by Crippen LogP contribution is 2.07. The molecule has 0 aromatic carbocycles. The maximum Gasteiger partial charge on any atom is 0.287 e. The molecule has 0 fully saturated rings. The van der Waals surface area contributed by atoms with E-state index < -0.39 is 0 Å². The molecular weight excluding hydrogens is 208 g/mol. The summed E-state index contributed by atoms with van der Waals surface area (Å²) in [4.78, 5) is 22.6. The van der Waals surface area contributed by atoms with E-state index in [1.165, 1.54) is 0 Å². The van der Waals surface area contributed by atoms with Crippen LogP contribution in [0.4, 0.5) is 0 Å². The number of likely N-dealkylation sites (N-methyl/N-ethyl adjacent to an activating group) is 1. The molecule has 0 aliphatic heterocycles. The number of carbonyl (C=O) groups excluding carboxylic acids is 2. The molecule has 2 N–H and O–H groups in total. The van der Waals surface area contributed by atoms with Crippen molar-refractivity contribution in [3.05, 3.63) is 23.7 Å². The number of amides is 2. The monoisotopic (exact) mass is 224 g/mol. The van der Waals surface area contributed by atoms with Crippen molar-refractivity contribution in [1.82, 2.24) is 10.6 Å². The Labute approximate surface area is 94.2 Å². The van der Waals surface area contributed by atoms with Gasteiger partial charge in [0.05, 0.1) is 6.54 Å². The molecule has 0 radical (unpaired) electrons. The highest BCUT2D eigenvalue weighted by molar-refractivity contribution is 5.94. The second-order valence-corrected chi connectivity index (χ2v) is 3.26. The minimum Gasteiger partial charge on any atom is -0.456 e. The Bertz CT molecular complexity index is 371. The van der Waals surface area contributed by atoms with Crippen LogP contribution in [-0.2, 0) is 11.2 Å². The van der Waals surface area contributed by atoms with Crippen LogP contribution in [0.1, 0.15) is 30.2 Å². The summed E-state index contributed by atoms with van der Waals surface area (Å²) in [7, 11) is 0. The highest BCUT2D eigenvalue weighted by atomic mass is 16.3. The molecule has 0 aliphatic carbocycles. The molecule has 16 heavy (non-hydrogen) atoms. The molecule has 1 heterocycles. The number of rotatable bonds is 5. The third kappa shape index (κ3) is 3.42. The molecule has 1 aromatic rings. The van der Waals surface area contributed by atoms with Crippen LogP contribution < -0.4 is 10.6 Å². The van der Waals surface area contributed by atoms with Crippen molar-refractivity contribution >= 4 is 11.8 Å². The van der Waals surface area contributed by atoms with Gasteiger partial charge in [-0.3, -0.25) is 9.59 Å². The number of hydrogen-bond donors (Lipinski definition) is 2. The summed E-state index contributed by atoms with van der Waals surface area (Å²) in [5.41, 5.74) is 0. The van der Waals surface area contributed by atoms with E-state index in [4.69, 9.17) is 4.42 Å². The minimum atomic E-state index is -0.369. The normalized spacial score (nSPS) is 9.88. The maximum absolute atomic E-state index is 11.5. The van der Waals surface area contributed by atoms with Crippen LogP contribution in [0.15, 0.2) is 16.5 Å². The van der Waals surface area contributed by atoms with Gasteiger partial charge in [-0.15, -0.1) is 0 Å². The van der Waals surface area contributed by atoms with Crippen molar-refractivity contribution in [3.8, 4) is 0 Å². The molecule has 1 aromatic heterocycles. The van der Waals surface area contributed by atoms with Crippen LogP contribution in [0.2, 0.25) is 0 Å². The third-order valence-electron chi connectivity index (χ3n) is 2.02. The van der Waals surface area contributed by atoms with Gasteiger partial charge in [-0.2, -0.15) is 0 Å². The Morgan fingerprint density at radius 1 is 1.25 bits per heavy atom. The number of furan rings is 1. The molecule has 0 spiro atoms. The molecule has 0 atom stereocenters. The molecule has 1 rings (SSSR count). The second-order valence-electron chi connectivity index (χ2n) is 3.26. The lowest BCUT2D eigenvalue weighted by molar-refractivity contribution is -0.120. The first-order chi connectivity index (χ1) is 7.67. The zero-order valence-corrected chi connectivity index (χ0v) is 9.50. The molecule has 88 valence electrons. The van der Waals surface area contributed by atoms with Crippen molar-refractivity contribution in [1.29, 1.82) is 0 Å². The Kier molecular flexibility index (Phi) is 4.57. The van der Waals surface area contributed by atoms with Crippen LogP contribution in [-0.4, -0.2) is 24.9 Å². The van der Waals surface area contributed by atoms with Crippen LogP contribution in [0.25, 0.3) is 0 Å². The zero-order chi connectivity index (χ0) is 12.0. The Balaban J connectivity index is 2.43. The van der Waals surface area contributed by atoms with Crippen molar-refractivity contribution in [2.45, 2.75) is 20.3 Å². The second kappa shape index (κ2) is 5.95. The van der Waals surface area contributed by atoms with Crippen molar-refractivity contribution < 1.29 is 14.0 Å². The highest BCUT2D eigenvalue weighted by Gasteiger charge is 2.11. The van der Waals surface area contributed by atoms with Crippen molar-refractivity contribution in [3.63, 3.8) is 0 Å². The number of carbonyl (C=O) groups is 2. The fraction of sp³-hybridized carbons (Fsp3) is 0.455. The van der Waals surface area contributed by atoms with Gasteiger partial charge in [-0.05, 0) is 19.1 Å². The fourth-order valence-electron chi connectivity index (χ4n) is 1.20. The average molecular weight is 224 g/mol. The van der Waals surface area contributed by atoms with Gasteiger partial charge in [0, 0.05) is 13.0 Å². The molecule has 0 saturated heterocycles. The number of aryl methyl sites for hydroxylation is 1. The van der Waals surface area contributed by atoms with E-state index in [-0.39, 0.29) is 24.1 Å². The topological polar surface area (TPSA) is 71.3 Å². The lowest BCUT2D eigenvalue weighted by atomic mass is 10.3. The summed E-state index contributed by atoms with van der Waals surface area (Å²) in [6, 6.07) is 3.35. The Morgan fingerprint density at radius 2 is 2.00 bits per heavy atom. The summed E-state index contributed by atoms with van der Waals surface area (Å²) < 4.78 is 5.24. The van der Waals surface area contributed by atoms with E-state index in [2.05, 4.69) is 10.6 Å². The van der Waals surface area contributed by atoms with E-state index in [9.17, 15) is 9.59 Å². The molecule has 0 aliphatic rings. The molecular formula is C11H16N2O3. The minimum absolute atomic E-state index is 0.0329. The fourth-order valence-corrected chi connectivity index (χ4v) is 1.20. The van der Waals surface area contributed by atoms with E-state index in [1.807, 2.05) is 13.8 Å².